The van der Waals surface area contributed by atoms with Crippen molar-refractivity contribution in [2.75, 3.05) is 24.7 Å². The number of halogens is 1. The van der Waals surface area contributed by atoms with Crippen molar-refractivity contribution >= 4 is 34.9 Å². The van der Waals surface area contributed by atoms with Gasteiger partial charge in [-0.05, 0) is 44.2 Å². The van der Waals surface area contributed by atoms with Gasteiger partial charge in [-0.3, -0.25) is 9.59 Å². The van der Waals surface area contributed by atoms with Gasteiger partial charge in [-0.15, -0.1) is 0 Å². The number of hydrogen-bond donors (Lipinski definition) is 2. The highest BCUT2D eigenvalue weighted by atomic mass is 19.1. The molecule has 216 valence electrons. The minimum Gasteiger partial charge on any atom is -0.462 e. The van der Waals surface area contributed by atoms with E-state index in [0.29, 0.717) is 12.7 Å². The van der Waals surface area contributed by atoms with E-state index in [0.717, 1.165) is 24.5 Å². The highest BCUT2D eigenvalue weighted by Gasteiger charge is 2.39. The Morgan fingerprint density at radius 2 is 1.93 bits per heavy atom. The lowest BCUT2D eigenvalue weighted by atomic mass is 10.0. The van der Waals surface area contributed by atoms with Crippen LogP contribution in [0.5, 0.6) is 0 Å². The smallest absolute Gasteiger partial charge is 0.407 e. The monoisotopic (exact) mass is 565 g/mol. The maximum absolute atomic E-state index is 15.9. The largest absolute Gasteiger partial charge is 0.462 e. The lowest BCUT2D eigenvalue weighted by Crippen LogP contribution is -2.46. The third kappa shape index (κ3) is 5.67. The molecule has 5 rings (SSSR count). The van der Waals surface area contributed by atoms with E-state index in [1.807, 2.05) is 30.3 Å². The van der Waals surface area contributed by atoms with Crippen molar-refractivity contribution < 1.29 is 33.4 Å². The summed E-state index contributed by atoms with van der Waals surface area (Å²) in [5.74, 6) is -1.61. The Balaban J connectivity index is 1.50. The van der Waals surface area contributed by atoms with Gasteiger partial charge in [0.2, 0.25) is 5.43 Å². The second-order valence-electron chi connectivity index (χ2n) is 10.2. The van der Waals surface area contributed by atoms with Gasteiger partial charge in [-0.2, -0.15) is 0 Å². The zero-order valence-electron chi connectivity index (χ0n) is 22.7. The topological polar surface area (TPSA) is 127 Å². The standard InChI is InChI=1S/C30H32FN3O7/c1-2-40-29(38)21-15-34(19-8-9-19)26-20(28(21)37)14-23(31)27(22(26)16-36)33-12-10-24(25(33)11-13-35)32-30(39)41-17-18-6-4-3-5-7-18/h3-7,14-16,19,24-25,35H,2,8-13,17H2,1H3,(H,32,39)/t24-,25-/m1/s1. The Labute approximate surface area is 235 Å². The molecule has 10 nitrogen and oxygen atoms in total. The summed E-state index contributed by atoms with van der Waals surface area (Å²) in [6, 6.07) is 9.18. The number of ether oxygens (including phenoxy) is 2. The number of carbonyl (C=O) groups is 3. The van der Waals surface area contributed by atoms with E-state index in [1.165, 1.54) is 6.20 Å². The highest BCUT2D eigenvalue weighted by molar-refractivity contribution is 6.04. The molecule has 2 N–H and O–H groups in total. The van der Waals surface area contributed by atoms with Gasteiger partial charge < -0.3 is 29.4 Å². The average molecular weight is 566 g/mol. The van der Waals surface area contributed by atoms with Gasteiger partial charge in [-0.25, -0.2) is 14.0 Å². The quantitative estimate of drug-likeness (QED) is 0.281. The van der Waals surface area contributed by atoms with Crippen molar-refractivity contribution in [3.8, 4) is 0 Å². The van der Waals surface area contributed by atoms with Crippen LogP contribution in [0, 0.1) is 5.82 Å². The number of aldehydes is 1. The molecule has 1 amide bonds. The third-order valence-electron chi connectivity index (χ3n) is 7.61. The highest BCUT2D eigenvalue weighted by Crippen LogP contribution is 2.41. The number of benzene rings is 2. The fourth-order valence-electron chi connectivity index (χ4n) is 5.61. The molecule has 2 aliphatic rings. The molecule has 2 aromatic carbocycles. The number of carbonyl (C=O) groups excluding carboxylic acids is 3. The zero-order valence-corrected chi connectivity index (χ0v) is 22.7. The van der Waals surface area contributed by atoms with Gasteiger partial charge in [0.25, 0.3) is 0 Å². The molecule has 3 aromatic rings. The number of anilines is 1. The summed E-state index contributed by atoms with van der Waals surface area (Å²) in [4.78, 5) is 52.7. The number of aliphatic hydroxyl groups is 1. The van der Waals surface area contributed by atoms with Crippen LogP contribution in [-0.2, 0) is 16.1 Å². The first kappa shape index (κ1) is 28.3. The van der Waals surface area contributed by atoms with E-state index in [-0.39, 0.29) is 66.5 Å². The maximum atomic E-state index is 15.9. The molecule has 1 aliphatic carbocycles. The number of aromatic nitrogens is 1. The van der Waals surface area contributed by atoms with Gasteiger partial charge in [0, 0.05) is 25.4 Å². The summed E-state index contributed by atoms with van der Waals surface area (Å²) in [5, 5.41) is 12.6. The number of alkyl carbamates (subject to hydrolysis) is 1. The number of pyridine rings is 1. The van der Waals surface area contributed by atoms with Crippen LogP contribution in [0.15, 0.2) is 47.4 Å². The van der Waals surface area contributed by atoms with E-state index in [1.54, 1.807) is 16.4 Å². The molecule has 1 aliphatic heterocycles. The SMILES string of the molecule is CCOC(=O)c1cn(C2CC2)c2c(C=O)c(N3CC[C@@H](NC(=O)OCc4ccccc4)[C@H]3CCO)c(F)cc2c1=O. The molecular formula is C30H32FN3O7. The van der Waals surface area contributed by atoms with Crippen molar-refractivity contribution in [1.29, 1.82) is 0 Å². The van der Waals surface area contributed by atoms with Crippen LogP contribution in [0.25, 0.3) is 10.9 Å². The van der Waals surface area contributed by atoms with Crippen LogP contribution in [-0.4, -0.2) is 59.9 Å². The number of fused-ring (bicyclic) bond motifs is 1. The number of hydrogen-bond acceptors (Lipinski definition) is 8. The van der Waals surface area contributed by atoms with Gasteiger partial charge in [0.15, 0.2) is 6.29 Å². The van der Waals surface area contributed by atoms with Crippen molar-refractivity contribution in [1.82, 2.24) is 9.88 Å². The number of nitrogens with one attached hydrogen (secondary N) is 1. The first-order valence-electron chi connectivity index (χ1n) is 13.8. The minimum atomic E-state index is -0.810. The lowest BCUT2D eigenvalue weighted by Gasteiger charge is -2.31. The molecular weight excluding hydrogens is 533 g/mol. The van der Waals surface area contributed by atoms with Crippen LogP contribution >= 0.6 is 0 Å². The van der Waals surface area contributed by atoms with Crippen LogP contribution in [0.2, 0.25) is 0 Å². The molecule has 41 heavy (non-hydrogen) atoms. The molecule has 0 bridgehead atoms. The summed E-state index contributed by atoms with van der Waals surface area (Å²) in [6.07, 6.45) is 3.44. The van der Waals surface area contributed by atoms with Gasteiger partial charge in [-0.1, -0.05) is 30.3 Å². The molecule has 1 aromatic heterocycles. The van der Waals surface area contributed by atoms with Crippen molar-refractivity contribution in [2.24, 2.45) is 0 Å². The lowest BCUT2D eigenvalue weighted by molar-refractivity contribution is 0.0524. The van der Waals surface area contributed by atoms with E-state index in [2.05, 4.69) is 5.32 Å². The van der Waals surface area contributed by atoms with Crippen LogP contribution < -0.4 is 15.6 Å². The molecule has 0 radical (unpaired) electrons. The predicted octanol–water partition coefficient (Wildman–Crippen LogP) is 3.72. The number of esters is 1. The Morgan fingerprint density at radius 1 is 1.17 bits per heavy atom. The number of amides is 1. The van der Waals surface area contributed by atoms with E-state index >= 15 is 4.39 Å². The fourth-order valence-corrected chi connectivity index (χ4v) is 5.61. The molecule has 0 unspecified atom stereocenters. The normalized spacial score (nSPS) is 18.4. The first-order chi connectivity index (χ1) is 19.9. The molecule has 2 fully saturated rings. The summed E-state index contributed by atoms with van der Waals surface area (Å²) in [7, 11) is 0. The summed E-state index contributed by atoms with van der Waals surface area (Å²) < 4.78 is 28.0. The fraction of sp³-hybridized carbons (Fsp3) is 0.400. The third-order valence-corrected chi connectivity index (χ3v) is 7.61. The van der Waals surface area contributed by atoms with Crippen molar-refractivity contribution in [3.63, 3.8) is 0 Å². The Kier molecular flexibility index (Phi) is 8.34. The maximum Gasteiger partial charge on any atom is 0.407 e. The molecule has 2 atom stereocenters. The average Bonchev–Trinajstić information content (AvgIpc) is 3.75. The van der Waals surface area contributed by atoms with E-state index in [4.69, 9.17) is 9.47 Å². The van der Waals surface area contributed by atoms with E-state index in [9.17, 15) is 24.3 Å². The summed E-state index contributed by atoms with van der Waals surface area (Å²) in [5.41, 5.74) is 0.119. The Morgan fingerprint density at radius 3 is 2.59 bits per heavy atom. The van der Waals surface area contributed by atoms with Gasteiger partial charge >= 0.3 is 12.1 Å². The van der Waals surface area contributed by atoms with Crippen molar-refractivity contribution in [3.05, 3.63) is 75.3 Å². The molecule has 11 heteroatoms. The Hall–Kier alpha value is -4.25. The zero-order chi connectivity index (χ0) is 29.1. The molecule has 1 saturated carbocycles. The number of aliphatic hydroxyl groups excluding tert-OH is 1. The number of rotatable bonds is 10. The van der Waals surface area contributed by atoms with Crippen LogP contribution in [0.3, 0.4) is 0 Å². The second kappa shape index (κ2) is 12.1. The minimum absolute atomic E-state index is 0.00872. The van der Waals surface area contributed by atoms with Crippen LogP contribution in [0.4, 0.5) is 14.9 Å². The molecule has 2 heterocycles. The van der Waals surface area contributed by atoms with Gasteiger partial charge in [0.05, 0.1) is 40.8 Å². The molecule has 1 saturated heterocycles. The van der Waals surface area contributed by atoms with Crippen LogP contribution in [0.1, 0.15) is 64.9 Å². The van der Waals surface area contributed by atoms with Gasteiger partial charge in [0.1, 0.15) is 18.0 Å². The summed E-state index contributed by atoms with van der Waals surface area (Å²) in [6.45, 7) is 1.82. The second-order valence-corrected chi connectivity index (χ2v) is 10.2. The number of nitrogens with zero attached hydrogens (tertiary/aromatic N) is 2. The Bertz CT molecular complexity index is 1520. The first-order valence-corrected chi connectivity index (χ1v) is 13.8. The summed E-state index contributed by atoms with van der Waals surface area (Å²) >= 11 is 0. The van der Waals surface area contributed by atoms with E-state index < -0.39 is 35.4 Å². The molecule has 0 spiro atoms. The predicted molar refractivity (Wildman–Crippen MR) is 149 cm³/mol. The van der Waals surface area contributed by atoms with Crippen molar-refractivity contribution in [2.45, 2.75) is 57.3 Å².